The summed E-state index contributed by atoms with van der Waals surface area (Å²) in [5, 5.41) is 0. The van der Waals surface area contributed by atoms with E-state index in [0.29, 0.717) is 13.1 Å². The Labute approximate surface area is 109 Å². The van der Waals surface area contributed by atoms with Crippen molar-refractivity contribution in [2.45, 2.75) is 19.0 Å². The summed E-state index contributed by atoms with van der Waals surface area (Å²) in [6.07, 6.45) is -2.61. The highest BCUT2D eigenvalue weighted by atomic mass is 19.4. The molecule has 0 spiro atoms. The van der Waals surface area contributed by atoms with E-state index in [1.54, 1.807) is 4.90 Å². The van der Waals surface area contributed by atoms with E-state index in [9.17, 15) is 18.0 Å². The first-order valence-corrected chi connectivity index (χ1v) is 6.05. The van der Waals surface area contributed by atoms with Crippen LogP contribution in [-0.4, -0.2) is 30.5 Å². The minimum absolute atomic E-state index is 0.269. The molecule has 1 aromatic rings. The van der Waals surface area contributed by atoms with Crippen molar-refractivity contribution in [3.8, 4) is 5.75 Å². The van der Waals surface area contributed by atoms with Gasteiger partial charge in [-0.15, -0.1) is 0 Å². The third-order valence-electron chi connectivity index (χ3n) is 3.00. The average molecular weight is 273 g/mol. The molecule has 1 aromatic carbocycles. The SMILES string of the molecule is O=C(COc1ccccc1C(F)(F)F)N1CCCC1. The predicted octanol–water partition coefficient (Wildman–Crippen LogP) is 2.71. The zero-order valence-corrected chi connectivity index (χ0v) is 10.2. The van der Waals surface area contributed by atoms with Crippen molar-refractivity contribution in [3.63, 3.8) is 0 Å². The van der Waals surface area contributed by atoms with Crippen molar-refractivity contribution in [2.24, 2.45) is 0 Å². The second-order valence-electron chi connectivity index (χ2n) is 4.37. The fraction of sp³-hybridized carbons (Fsp3) is 0.462. The number of rotatable bonds is 3. The molecule has 0 N–H and O–H groups in total. The van der Waals surface area contributed by atoms with Gasteiger partial charge < -0.3 is 9.64 Å². The maximum atomic E-state index is 12.7. The van der Waals surface area contributed by atoms with E-state index in [0.717, 1.165) is 18.9 Å². The van der Waals surface area contributed by atoms with Crippen LogP contribution < -0.4 is 4.74 Å². The van der Waals surface area contributed by atoms with E-state index >= 15 is 0 Å². The van der Waals surface area contributed by atoms with Crippen LogP contribution in [0.2, 0.25) is 0 Å². The Balaban J connectivity index is 2.01. The van der Waals surface area contributed by atoms with Crippen LogP contribution >= 0.6 is 0 Å². The summed E-state index contributed by atoms with van der Waals surface area (Å²) in [6, 6.07) is 4.90. The molecule has 1 aliphatic rings. The van der Waals surface area contributed by atoms with E-state index < -0.39 is 11.7 Å². The Bertz CT molecular complexity index is 453. The fourth-order valence-electron chi connectivity index (χ4n) is 2.02. The summed E-state index contributed by atoms with van der Waals surface area (Å²) in [5.74, 6) is -0.572. The summed E-state index contributed by atoms with van der Waals surface area (Å²) in [6.45, 7) is 0.958. The number of para-hydroxylation sites is 1. The molecule has 0 unspecified atom stereocenters. The second-order valence-corrected chi connectivity index (χ2v) is 4.37. The summed E-state index contributed by atoms with van der Waals surface area (Å²) in [4.78, 5) is 13.3. The molecule has 0 bridgehead atoms. The Hall–Kier alpha value is -1.72. The van der Waals surface area contributed by atoms with Gasteiger partial charge in [0, 0.05) is 13.1 Å². The Morgan fingerprint density at radius 1 is 1.21 bits per heavy atom. The van der Waals surface area contributed by atoms with Crippen LogP contribution in [-0.2, 0) is 11.0 Å². The minimum Gasteiger partial charge on any atom is -0.483 e. The Morgan fingerprint density at radius 3 is 2.47 bits per heavy atom. The van der Waals surface area contributed by atoms with Crippen molar-refractivity contribution < 1.29 is 22.7 Å². The summed E-state index contributed by atoms with van der Waals surface area (Å²) in [5.41, 5.74) is -0.857. The van der Waals surface area contributed by atoms with Gasteiger partial charge in [-0.05, 0) is 25.0 Å². The van der Waals surface area contributed by atoms with Crippen LogP contribution in [0.1, 0.15) is 18.4 Å². The zero-order valence-electron chi connectivity index (χ0n) is 10.2. The van der Waals surface area contributed by atoms with Gasteiger partial charge in [-0.2, -0.15) is 13.2 Å². The maximum Gasteiger partial charge on any atom is 0.419 e. The number of ether oxygens (including phenoxy) is 1. The van der Waals surface area contributed by atoms with Crippen molar-refractivity contribution in [1.29, 1.82) is 0 Å². The van der Waals surface area contributed by atoms with Crippen LogP contribution in [0.4, 0.5) is 13.2 Å². The maximum absolute atomic E-state index is 12.7. The number of carbonyl (C=O) groups excluding carboxylic acids is 1. The summed E-state index contributed by atoms with van der Waals surface area (Å²) in [7, 11) is 0. The number of carbonyl (C=O) groups is 1. The number of nitrogens with zero attached hydrogens (tertiary/aromatic N) is 1. The van der Waals surface area contributed by atoms with E-state index in [1.807, 2.05) is 0 Å². The van der Waals surface area contributed by atoms with E-state index in [2.05, 4.69) is 0 Å². The van der Waals surface area contributed by atoms with Crippen molar-refractivity contribution in [2.75, 3.05) is 19.7 Å². The van der Waals surface area contributed by atoms with Gasteiger partial charge in [0.15, 0.2) is 6.61 Å². The molecule has 1 saturated heterocycles. The predicted molar refractivity (Wildman–Crippen MR) is 62.8 cm³/mol. The Kier molecular flexibility index (Phi) is 3.97. The molecule has 1 aliphatic heterocycles. The molecule has 2 rings (SSSR count). The first-order chi connectivity index (χ1) is 8.98. The van der Waals surface area contributed by atoms with Crippen LogP contribution in [0.3, 0.4) is 0 Å². The van der Waals surface area contributed by atoms with Crippen molar-refractivity contribution in [3.05, 3.63) is 29.8 Å². The highest BCUT2D eigenvalue weighted by Gasteiger charge is 2.34. The molecule has 19 heavy (non-hydrogen) atoms. The number of alkyl halides is 3. The normalized spacial score (nSPS) is 15.6. The number of hydrogen-bond donors (Lipinski definition) is 0. The van der Waals surface area contributed by atoms with Gasteiger partial charge >= 0.3 is 6.18 Å². The van der Waals surface area contributed by atoms with Gasteiger partial charge in [-0.25, -0.2) is 0 Å². The van der Waals surface area contributed by atoms with E-state index in [1.165, 1.54) is 18.2 Å². The van der Waals surface area contributed by atoms with Crippen molar-refractivity contribution in [1.82, 2.24) is 4.90 Å². The van der Waals surface area contributed by atoms with Gasteiger partial charge in [0.2, 0.25) is 0 Å². The molecular formula is C13H14F3NO2. The number of likely N-dealkylation sites (tertiary alicyclic amines) is 1. The zero-order chi connectivity index (χ0) is 13.9. The van der Waals surface area contributed by atoms with Crippen LogP contribution in [0.15, 0.2) is 24.3 Å². The highest BCUT2D eigenvalue weighted by molar-refractivity contribution is 5.78. The molecule has 3 nitrogen and oxygen atoms in total. The van der Waals surface area contributed by atoms with Gasteiger partial charge in [-0.3, -0.25) is 4.79 Å². The van der Waals surface area contributed by atoms with Crippen LogP contribution in [0, 0.1) is 0 Å². The highest BCUT2D eigenvalue weighted by Crippen LogP contribution is 2.35. The standard InChI is InChI=1S/C13H14F3NO2/c14-13(15,16)10-5-1-2-6-11(10)19-9-12(18)17-7-3-4-8-17/h1-2,5-6H,3-4,7-9H2. The number of halogens is 3. The molecule has 0 atom stereocenters. The summed E-state index contributed by atoms with van der Waals surface area (Å²) < 4.78 is 43.1. The molecular weight excluding hydrogens is 259 g/mol. The third-order valence-corrected chi connectivity index (χ3v) is 3.00. The van der Waals surface area contributed by atoms with Crippen LogP contribution in [0.25, 0.3) is 0 Å². The quantitative estimate of drug-likeness (QED) is 0.847. The smallest absolute Gasteiger partial charge is 0.419 e. The molecule has 0 saturated carbocycles. The molecule has 0 radical (unpaired) electrons. The largest absolute Gasteiger partial charge is 0.483 e. The fourth-order valence-corrected chi connectivity index (χ4v) is 2.02. The lowest BCUT2D eigenvalue weighted by Crippen LogP contribution is -2.32. The molecule has 1 amide bonds. The lowest BCUT2D eigenvalue weighted by Gasteiger charge is -2.17. The monoisotopic (exact) mass is 273 g/mol. The van der Waals surface area contributed by atoms with E-state index in [4.69, 9.17) is 4.74 Å². The lowest BCUT2D eigenvalue weighted by molar-refractivity contribution is -0.140. The van der Waals surface area contributed by atoms with Gasteiger partial charge in [-0.1, -0.05) is 12.1 Å². The van der Waals surface area contributed by atoms with Crippen LogP contribution in [0.5, 0.6) is 5.75 Å². The molecule has 1 heterocycles. The first kappa shape index (κ1) is 13.7. The molecule has 0 aliphatic carbocycles. The molecule has 1 fully saturated rings. The minimum atomic E-state index is -4.48. The van der Waals surface area contributed by atoms with Gasteiger partial charge in [0.25, 0.3) is 5.91 Å². The number of amides is 1. The summed E-state index contributed by atoms with van der Waals surface area (Å²) >= 11 is 0. The lowest BCUT2D eigenvalue weighted by atomic mass is 10.2. The van der Waals surface area contributed by atoms with Crippen molar-refractivity contribution >= 4 is 5.91 Å². The topological polar surface area (TPSA) is 29.5 Å². The Morgan fingerprint density at radius 2 is 1.84 bits per heavy atom. The molecule has 104 valence electrons. The third kappa shape index (κ3) is 3.39. The second kappa shape index (κ2) is 5.50. The number of benzene rings is 1. The van der Waals surface area contributed by atoms with E-state index in [-0.39, 0.29) is 18.3 Å². The molecule has 6 heteroatoms. The molecule has 0 aromatic heterocycles. The number of hydrogen-bond acceptors (Lipinski definition) is 2. The first-order valence-electron chi connectivity index (χ1n) is 6.05. The van der Waals surface area contributed by atoms with Gasteiger partial charge in [0.1, 0.15) is 5.75 Å². The average Bonchev–Trinajstić information content (AvgIpc) is 2.89. The van der Waals surface area contributed by atoms with Gasteiger partial charge in [0.05, 0.1) is 5.56 Å².